The van der Waals surface area contributed by atoms with Gasteiger partial charge in [0.05, 0.1) is 10.9 Å². The van der Waals surface area contributed by atoms with Gasteiger partial charge in [-0.05, 0) is 69.1 Å². The molecule has 45 heavy (non-hydrogen) atoms. The third-order valence-corrected chi connectivity index (χ3v) is 9.51. The highest BCUT2D eigenvalue weighted by Gasteiger charge is 2.51. The van der Waals surface area contributed by atoms with Crippen molar-refractivity contribution >= 4 is 33.8 Å². The summed E-state index contributed by atoms with van der Waals surface area (Å²) in [5.74, 6) is 3.55. The van der Waals surface area contributed by atoms with E-state index in [0.717, 1.165) is 36.8 Å². The molecule has 0 aromatic heterocycles. The smallest absolute Gasteiger partial charge is 0.294 e. The molecule has 3 rings (SSSR count). The van der Waals surface area contributed by atoms with Gasteiger partial charge >= 0.3 is 0 Å². The number of carbonyl (C=O) groups excluding carboxylic acids is 3. The number of nitrogens with two attached hydrogens (primary N) is 2. The number of rotatable bonds is 13. The van der Waals surface area contributed by atoms with Gasteiger partial charge in [0.1, 0.15) is 5.41 Å². The van der Waals surface area contributed by atoms with E-state index in [-0.39, 0.29) is 11.3 Å². The highest BCUT2D eigenvalue weighted by molar-refractivity contribution is 7.85. The lowest BCUT2D eigenvalue weighted by atomic mass is 9.60. The minimum absolute atomic E-state index is 0.0666. The number of hydrogen-bond donors (Lipinski definition) is 6. The van der Waals surface area contributed by atoms with E-state index in [4.69, 9.17) is 16.1 Å². The predicted octanol–water partition coefficient (Wildman–Crippen LogP) is 4.34. The molecule has 2 aromatic rings. The average Bonchev–Trinajstić information content (AvgIpc) is 3.51. The Balaban J connectivity index is 0.000000537. The fourth-order valence-corrected chi connectivity index (χ4v) is 6.84. The van der Waals surface area contributed by atoms with Gasteiger partial charge < -0.3 is 5.73 Å². The van der Waals surface area contributed by atoms with Crippen molar-refractivity contribution in [1.29, 1.82) is 0 Å². The monoisotopic (exact) mass is 644 g/mol. The number of amides is 2. The van der Waals surface area contributed by atoms with Crippen molar-refractivity contribution in [3.63, 3.8) is 0 Å². The molecule has 0 spiro atoms. The number of hydrogen-bond acceptors (Lipinski definition) is 8. The Morgan fingerprint density at radius 1 is 1.04 bits per heavy atom. The molecule has 2 amide bonds. The first-order valence-electron chi connectivity index (χ1n) is 15.1. The van der Waals surface area contributed by atoms with E-state index in [0.29, 0.717) is 18.8 Å². The van der Waals surface area contributed by atoms with Crippen LogP contribution < -0.4 is 22.5 Å². The molecule has 1 aliphatic rings. The van der Waals surface area contributed by atoms with Gasteiger partial charge in [0.25, 0.3) is 10.1 Å². The van der Waals surface area contributed by atoms with Crippen LogP contribution in [0.3, 0.4) is 0 Å². The van der Waals surface area contributed by atoms with Crippen LogP contribution in [0.5, 0.6) is 0 Å². The molecule has 0 heterocycles. The zero-order chi connectivity index (χ0) is 33.8. The number of allylic oxidation sites excluding steroid dienone is 1. The van der Waals surface area contributed by atoms with Gasteiger partial charge in [0.15, 0.2) is 5.78 Å². The van der Waals surface area contributed by atoms with E-state index in [2.05, 4.69) is 5.43 Å². The highest BCUT2D eigenvalue weighted by Crippen LogP contribution is 2.49. The SMILES string of the molecule is C[C@@H](N)C(=O)C(C)(C[C@@](C)(CC1CCCC1)[C@H](C/C=C/c1ccccc1)C(=O)NO)C(=O)NN.Cc1ccc(S(=O)(=O)O)cc1. The number of carbonyl (C=O) groups is 3. The number of aryl methyl sites for hydroxylation is 1. The lowest BCUT2D eigenvalue weighted by Crippen LogP contribution is -2.55. The molecule has 8 N–H and O–H groups in total. The van der Waals surface area contributed by atoms with Crippen LogP contribution in [0.2, 0.25) is 0 Å². The maximum absolute atomic E-state index is 13.1. The van der Waals surface area contributed by atoms with Gasteiger partial charge in [0, 0.05) is 5.92 Å². The van der Waals surface area contributed by atoms with Gasteiger partial charge in [-0.2, -0.15) is 8.42 Å². The largest absolute Gasteiger partial charge is 0.322 e. The highest BCUT2D eigenvalue weighted by atomic mass is 32.2. The summed E-state index contributed by atoms with van der Waals surface area (Å²) in [6.07, 6.45) is 9.17. The van der Waals surface area contributed by atoms with Crippen LogP contribution in [0.25, 0.3) is 6.08 Å². The fourth-order valence-electron chi connectivity index (χ4n) is 6.36. The molecule has 1 aliphatic carbocycles. The van der Waals surface area contributed by atoms with Crippen molar-refractivity contribution in [3.05, 3.63) is 71.8 Å². The maximum atomic E-state index is 13.1. The first-order chi connectivity index (χ1) is 21.1. The number of ketones is 1. The van der Waals surface area contributed by atoms with Crippen molar-refractivity contribution in [2.45, 2.75) is 83.6 Å². The zero-order valence-electron chi connectivity index (χ0n) is 26.5. The van der Waals surface area contributed by atoms with Gasteiger partial charge in [-0.25, -0.2) is 11.3 Å². The minimum atomic E-state index is -4.02. The summed E-state index contributed by atoms with van der Waals surface area (Å²) in [7, 11) is -4.02. The normalized spacial score (nSPS) is 17.7. The number of benzene rings is 2. The van der Waals surface area contributed by atoms with E-state index in [9.17, 15) is 28.0 Å². The molecule has 4 atom stereocenters. The molecule has 0 aliphatic heterocycles. The summed E-state index contributed by atoms with van der Waals surface area (Å²) in [4.78, 5) is 38.9. The van der Waals surface area contributed by atoms with E-state index >= 15 is 0 Å². The first kappa shape index (κ1) is 37.8. The van der Waals surface area contributed by atoms with Crippen LogP contribution in [0, 0.1) is 29.6 Å². The molecule has 0 saturated heterocycles. The molecule has 11 nitrogen and oxygen atoms in total. The maximum Gasteiger partial charge on any atom is 0.294 e. The Labute approximate surface area is 266 Å². The number of nitrogens with one attached hydrogen (secondary N) is 2. The summed E-state index contributed by atoms with van der Waals surface area (Å²) in [5.41, 5.74) is 9.49. The second kappa shape index (κ2) is 16.8. The summed E-state index contributed by atoms with van der Waals surface area (Å²) < 4.78 is 29.6. The number of hydrazine groups is 1. The summed E-state index contributed by atoms with van der Waals surface area (Å²) in [6, 6.07) is 14.8. The van der Waals surface area contributed by atoms with Crippen molar-refractivity contribution in [1.82, 2.24) is 10.9 Å². The topological polar surface area (TPSA) is 202 Å². The Morgan fingerprint density at radius 2 is 1.62 bits per heavy atom. The minimum Gasteiger partial charge on any atom is -0.322 e. The van der Waals surface area contributed by atoms with Crippen LogP contribution in [0.4, 0.5) is 0 Å². The van der Waals surface area contributed by atoms with Crippen LogP contribution >= 0.6 is 0 Å². The molecule has 248 valence electrons. The fraction of sp³-hybridized carbons (Fsp3) is 0.485. The van der Waals surface area contributed by atoms with Crippen LogP contribution in [-0.4, -0.2) is 41.8 Å². The van der Waals surface area contributed by atoms with Gasteiger partial charge in [-0.15, -0.1) is 0 Å². The second-order valence-electron chi connectivity index (χ2n) is 12.5. The summed E-state index contributed by atoms with van der Waals surface area (Å²) >= 11 is 0. The molecule has 2 aromatic carbocycles. The third kappa shape index (κ3) is 10.9. The predicted molar refractivity (Wildman–Crippen MR) is 173 cm³/mol. The van der Waals surface area contributed by atoms with E-state index in [1.807, 2.05) is 61.8 Å². The third-order valence-electron chi connectivity index (χ3n) is 8.65. The van der Waals surface area contributed by atoms with Crippen LogP contribution in [-0.2, 0) is 24.5 Å². The average molecular weight is 645 g/mol. The first-order valence-corrected chi connectivity index (χ1v) is 16.5. The molecule has 1 saturated carbocycles. The Kier molecular flexibility index (Phi) is 14.1. The Bertz CT molecular complexity index is 1410. The van der Waals surface area contributed by atoms with Crippen LogP contribution in [0.1, 0.15) is 76.8 Å². The van der Waals surface area contributed by atoms with E-state index in [1.165, 1.54) is 12.1 Å². The molecule has 0 radical (unpaired) electrons. The molecule has 1 unspecified atom stereocenters. The lowest BCUT2D eigenvalue weighted by Gasteiger charge is -2.43. The van der Waals surface area contributed by atoms with E-state index < -0.39 is 50.5 Å². The van der Waals surface area contributed by atoms with E-state index in [1.54, 1.807) is 26.0 Å². The van der Waals surface area contributed by atoms with Crippen molar-refractivity contribution in [2.75, 3.05) is 0 Å². The zero-order valence-corrected chi connectivity index (χ0v) is 27.3. The Morgan fingerprint density at radius 3 is 2.11 bits per heavy atom. The molecule has 1 fully saturated rings. The number of Topliss-reactive ketones (excluding diaryl/α,β-unsaturated/α-hetero) is 1. The van der Waals surface area contributed by atoms with Gasteiger partial charge in [-0.3, -0.25) is 29.6 Å². The van der Waals surface area contributed by atoms with Gasteiger partial charge in [-0.1, -0.05) is 92.8 Å². The molecule has 12 heteroatoms. The second-order valence-corrected chi connectivity index (χ2v) is 13.9. The lowest BCUT2D eigenvalue weighted by molar-refractivity contribution is -0.149. The molecule has 0 bridgehead atoms. The van der Waals surface area contributed by atoms with Crippen LogP contribution in [0.15, 0.2) is 65.6 Å². The molecular weight excluding hydrogens is 596 g/mol. The van der Waals surface area contributed by atoms with Crippen molar-refractivity contribution in [3.8, 4) is 0 Å². The standard InChI is InChI=1S/C26H40N4O4.C7H8O3S/c1-18(27)22(31)26(3,24(33)29-28)17-25(2,16-20-12-7-8-13-20)21(23(32)30-34)15-9-14-19-10-5-4-6-11-19;1-6-2-4-7(5-3-6)11(8,9)10/h4-6,9-11,14,18,20-21,34H,7-8,12-13,15-17,27-28H2,1-3H3,(H,29,33)(H,30,32);2-5H,1H3,(H,8,9,10)/b14-9+;/t18-,21-,25-,26?;/m1./s1. The quantitative estimate of drug-likeness (QED) is 0.0458. The summed E-state index contributed by atoms with van der Waals surface area (Å²) in [6.45, 7) is 6.85. The molecular formula is C33H48N4O7S. The number of hydroxylamine groups is 1. The van der Waals surface area contributed by atoms with Gasteiger partial charge in [0.2, 0.25) is 11.8 Å². The van der Waals surface area contributed by atoms with Crippen molar-refractivity contribution < 1.29 is 32.6 Å². The summed E-state index contributed by atoms with van der Waals surface area (Å²) in [5, 5.41) is 9.59. The van der Waals surface area contributed by atoms with Crippen molar-refractivity contribution in [2.24, 2.45) is 34.2 Å². The Hall–Kier alpha value is -3.42.